The van der Waals surface area contributed by atoms with Crippen LogP contribution in [0.25, 0.3) is 0 Å². The zero-order valence-electron chi connectivity index (χ0n) is 17.0. The first-order valence-corrected chi connectivity index (χ1v) is 9.98. The van der Waals surface area contributed by atoms with E-state index in [1.165, 1.54) is 6.07 Å². The molecule has 1 amide bonds. The van der Waals surface area contributed by atoms with E-state index >= 15 is 0 Å². The van der Waals surface area contributed by atoms with Crippen LogP contribution in [0.4, 0.5) is 10.2 Å². The van der Waals surface area contributed by atoms with E-state index in [1.807, 2.05) is 17.0 Å². The molecule has 0 aliphatic carbocycles. The molecule has 154 valence electrons. The summed E-state index contributed by atoms with van der Waals surface area (Å²) in [5, 5.41) is 0. The Morgan fingerprint density at radius 3 is 2.76 bits per heavy atom. The smallest absolute Gasteiger partial charge is 0.256 e. The summed E-state index contributed by atoms with van der Waals surface area (Å²) < 4.78 is 14.1. The van der Waals surface area contributed by atoms with Crippen LogP contribution in [0, 0.1) is 17.2 Å². The van der Waals surface area contributed by atoms with Crippen molar-refractivity contribution in [3.05, 3.63) is 59.5 Å². The maximum Gasteiger partial charge on any atom is 0.256 e. The molecule has 3 heterocycles. The third-order valence-corrected chi connectivity index (χ3v) is 6.17. The Labute approximate surface area is 171 Å². The number of halogens is 1. The van der Waals surface area contributed by atoms with E-state index in [-0.39, 0.29) is 16.9 Å². The number of hydrogen-bond acceptors (Lipinski definition) is 5. The van der Waals surface area contributed by atoms with E-state index in [2.05, 4.69) is 28.9 Å². The fraction of sp³-hybridized carbons (Fsp3) is 0.455. The quantitative estimate of drug-likeness (QED) is 0.835. The van der Waals surface area contributed by atoms with Gasteiger partial charge in [0.1, 0.15) is 11.6 Å². The van der Waals surface area contributed by atoms with Gasteiger partial charge in [0.15, 0.2) is 0 Å². The van der Waals surface area contributed by atoms with Gasteiger partial charge in [-0.3, -0.25) is 9.69 Å². The van der Waals surface area contributed by atoms with E-state index in [0.29, 0.717) is 24.8 Å². The van der Waals surface area contributed by atoms with Gasteiger partial charge in [-0.05, 0) is 38.2 Å². The topological polar surface area (TPSA) is 65.7 Å². The lowest BCUT2D eigenvalue weighted by atomic mass is 9.80. The van der Waals surface area contributed by atoms with Crippen molar-refractivity contribution in [1.82, 2.24) is 19.7 Å². The number of nitrogens with zero attached hydrogens (tertiary/aromatic N) is 4. The zero-order valence-corrected chi connectivity index (χ0v) is 17.0. The van der Waals surface area contributed by atoms with E-state index in [9.17, 15) is 9.18 Å². The van der Waals surface area contributed by atoms with Crippen molar-refractivity contribution in [1.29, 1.82) is 0 Å². The number of nitrogen functional groups attached to an aromatic ring is 1. The van der Waals surface area contributed by atoms with Crippen LogP contribution in [0.1, 0.15) is 15.9 Å². The van der Waals surface area contributed by atoms with Gasteiger partial charge in [0, 0.05) is 56.4 Å². The summed E-state index contributed by atoms with van der Waals surface area (Å²) in [6, 6.07) is 10.2. The Balaban J connectivity index is 1.52. The molecule has 6 nitrogen and oxygen atoms in total. The van der Waals surface area contributed by atoms with Gasteiger partial charge in [-0.2, -0.15) is 0 Å². The molecular weight excluding hydrogens is 369 g/mol. The van der Waals surface area contributed by atoms with E-state index in [1.54, 1.807) is 24.4 Å². The summed E-state index contributed by atoms with van der Waals surface area (Å²) in [7, 11) is 4.13. The number of likely N-dealkylation sites (tertiary alicyclic amines) is 2. The minimum absolute atomic E-state index is 0.0264. The molecule has 2 saturated heterocycles. The van der Waals surface area contributed by atoms with Gasteiger partial charge in [-0.1, -0.05) is 18.2 Å². The van der Waals surface area contributed by atoms with Crippen molar-refractivity contribution < 1.29 is 9.18 Å². The Kier molecular flexibility index (Phi) is 5.27. The SMILES string of the molecule is CN(C)CC12CN(Cc3cccnc3N)CC1CN(C(=O)c1ccccc1F)C2. The molecule has 2 aliphatic rings. The summed E-state index contributed by atoms with van der Waals surface area (Å²) in [4.78, 5) is 23.6. The van der Waals surface area contributed by atoms with E-state index in [4.69, 9.17) is 5.73 Å². The predicted octanol–water partition coefficient (Wildman–Crippen LogP) is 1.94. The number of carbonyl (C=O) groups is 1. The molecular formula is C22H28FN5O. The second-order valence-corrected chi connectivity index (χ2v) is 8.68. The van der Waals surface area contributed by atoms with E-state index < -0.39 is 5.82 Å². The first kappa shape index (κ1) is 19.8. The maximum atomic E-state index is 14.1. The average molecular weight is 397 g/mol. The number of rotatable bonds is 5. The second-order valence-electron chi connectivity index (χ2n) is 8.68. The van der Waals surface area contributed by atoms with Crippen molar-refractivity contribution in [2.24, 2.45) is 11.3 Å². The van der Waals surface area contributed by atoms with Crippen LogP contribution < -0.4 is 5.73 Å². The van der Waals surface area contributed by atoms with Gasteiger partial charge in [-0.15, -0.1) is 0 Å². The van der Waals surface area contributed by atoms with Crippen molar-refractivity contribution >= 4 is 11.7 Å². The molecule has 2 unspecified atom stereocenters. The van der Waals surface area contributed by atoms with Gasteiger partial charge < -0.3 is 15.5 Å². The summed E-state index contributed by atoms with van der Waals surface area (Å²) in [5.41, 5.74) is 7.20. The fourth-order valence-electron chi connectivity index (χ4n) is 5.05. The van der Waals surface area contributed by atoms with Crippen LogP contribution in [-0.4, -0.2) is 72.4 Å². The van der Waals surface area contributed by atoms with Crippen molar-refractivity contribution in [2.45, 2.75) is 6.54 Å². The third kappa shape index (κ3) is 3.84. The molecule has 0 spiro atoms. The average Bonchev–Trinajstić information content (AvgIpc) is 3.16. The molecule has 2 fully saturated rings. The molecule has 4 rings (SSSR count). The van der Waals surface area contributed by atoms with Crippen LogP contribution in [0.15, 0.2) is 42.6 Å². The molecule has 7 heteroatoms. The zero-order chi connectivity index (χ0) is 20.6. The largest absolute Gasteiger partial charge is 0.383 e. The lowest BCUT2D eigenvalue weighted by Gasteiger charge is -2.32. The molecule has 2 N–H and O–H groups in total. The van der Waals surface area contributed by atoms with Gasteiger partial charge in [0.25, 0.3) is 5.91 Å². The lowest BCUT2D eigenvalue weighted by Crippen LogP contribution is -2.43. The molecule has 2 aliphatic heterocycles. The molecule has 1 aromatic heterocycles. The normalized spacial score (nSPS) is 24.3. The lowest BCUT2D eigenvalue weighted by molar-refractivity contribution is 0.0743. The van der Waals surface area contributed by atoms with Crippen LogP contribution in [-0.2, 0) is 6.54 Å². The van der Waals surface area contributed by atoms with Gasteiger partial charge in [0.05, 0.1) is 5.56 Å². The first-order valence-electron chi connectivity index (χ1n) is 9.98. The number of aromatic nitrogens is 1. The minimum Gasteiger partial charge on any atom is -0.383 e. The third-order valence-electron chi connectivity index (χ3n) is 6.17. The Morgan fingerprint density at radius 1 is 1.24 bits per heavy atom. The van der Waals surface area contributed by atoms with Crippen molar-refractivity contribution in [3.63, 3.8) is 0 Å². The highest BCUT2D eigenvalue weighted by atomic mass is 19.1. The van der Waals surface area contributed by atoms with Crippen LogP contribution in [0.3, 0.4) is 0 Å². The molecule has 0 saturated carbocycles. The Hall–Kier alpha value is -2.51. The van der Waals surface area contributed by atoms with Gasteiger partial charge in [-0.25, -0.2) is 9.37 Å². The Bertz CT molecular complexity index is 904. The molecule has 0 radical (unpaired) electrons. The molecule has 0 bridgehead atoms. The summed E-state index contributed by atoms with van der Waals surface area (Å²) in [6.07, 6.45) is 1.71. The van der Waals surface area contributed by atoms with Crippen LogP contribution >= 0.6 is 0 Å². The highest BCUT2D eigenvalue weighted by Gasteiger charge is 2.53. The highest BCUT2D eigenvalue weighted by molar-refractivity contribution is 5.94. The maximum absolute atomic E-state index is 14.1. The summed E-state index contributed by atoms with van der Waals surface area (Å²) in [5.74, 6) is 0.254. The van der Waals surface area contributed by atoms with Crippen molar-refractivity contribution in [3.8, 4) is 0 Å². The number of carbonyl (C=O) groups excluding carboxylic acids is 1. The molecule has 2 aromatic rings. The number of anilines is 1. The van der Waals surface area contributed by atoms with Crippen LogP contribution in [0.5, 0.6) is 0 Å². The fourth-order valence-corrected chi connectivity index (χ4v) is 5.05. The van der Waals surface area contributed by atoms with E-state index in [0.717, 1.165) is 31.7 Å². The monoisotopic (exact) mass is 397 g/mol. The highest BCUT2D eigenvalue weighted by Crippen LogP contribution is 2.44. The number of hydrogen-bond donors (Lipinski definition) is 1. The van der Waals surface area contributed by atoms with Crippen LogP contribution in [0.2, 0.25) is 0 Å². The predicted molar refractivity (Wildman–Crippen MR) is 111 cm³/mol. The van der Waals surface area contributed by atoms with Gasteiger partial charge >= 0.3 is 0 Å². The second kappa shape index (κ2) is 7.72. The standard InChI is InChI=1S/C22H28FN5O/c1-26(2)13-22-14-27(10-16-6-5-9-25-20(16)24)11-17(22)12-28(15-22)21(29)18-7-3-4-8-19(18)23/h3-9,17H,10-15H2,1-2H3,(H2,24,25). The Morgan fingerprint density at radius 2 is 2.03 bits per heavy atom. The number of fused-ring (bicyclic) bond motifs is 1. The summed E-state index contributed by atoms with van der Waals surface area (Å²) in [6.45, 7) is 4.71. The number of amides is 1. The first-order chi connectivity index (χ1) is 13.9. The molecule has 2 atom stereocenters. The number of nitrogens with two attached hydrogens (primary N) is 1. The van der Waals surface area contributed by atoms with Gasteiger partial charge in [0.2, 0.25) is 0 Å². The molecule has 1 aromatic carbocycles. The van der Waals surface area contributed by atoms with Crippen molar-refractivity contribution in [2.75, 3.05) is 52.6 Å². The summed E-state index contributed by atoms with van der Waals surface area (Å²) >= 11 is 0. The number of benzene rings is 1. The molecule has 29 heavy (non-hydrogen) atoms. The number of pyridine rings is 1. The minimum atomic E-state index is -0.454.